The molecule has 0 saturated heterocycles. The second-order valence-corrected chi connectivity index (χ2v) is 5.49. The molecule has 0 amide bonds. The maximum Gasteiger partial charge on any atom is 0.294 e. The standard InChI is InChI=1S/C12H10ClNO3S/c13-9-2-1-3-11(8-9)14-10-4-6-12(7-5-10)18(15,16)17/h1-8,14H,(H,15,16,17). The molecule has 0 radical (unpaired) electrons. The Balaban J connectivity index is 2.21. The molecule has 0 aliphatic heterocycles. The van der Waals surface area contributed by atoms with Crippen molar-refractivity contribution in [2.45, 2.75) is 4.90 Å². The quantitative estimate of drug-likeness (QED) is 0.848. The van der Waals surface area contributed by atoms with E-state index in [0.29, 0.717) is 10.7 Å². The lowest BCUT2D eigenvalue weighted by Gasteiger charge is -2.07. The van der Waals surface area contributed by atoms with Gasteiger partial charge in [-0.3, -0.25) is 4.55 Å². The van der Waals surface area contributed by atoms with Gasteiger partial charge in [0.25, 0.3) is 10.1 Å². The summed E-state index contributed by atoms with van der Waals surface area (Å²) in [6.07, 6.45) is 0. The van der Waals surface area contributed by atoms with E-state index in [0.717, 1.165) is 5.69 Å². The Morgan fingerprint density at radius 2 is 1.67 bits per heavy atom. The van der Waals surface area contributed by atoms with Crippen LogP contribution in [0.2, 0.25) is 5.02 Å². The molecule has 4 nitrogen and oxygen atoms in total. The van der Waals surface area contributed by atoms with Gasteiger partial charge >= 0.3 is 0 Å². The van der Waals surface area contributed by atoms with E-state index in [9.17, 15) is 8.42 Å². The average molecular weight is 284 g/mol. The number of halogens is 1. The van der Waals surface area contributed by atoms with Crippen LogP contribution in [-0.2, 0) is 10.1 Å². The second-order valence-electron chi connectivity index (χ2n) is 3.63. The highest BCUT2D eigenvalue weighted by atomic mass is 35.5. The SMILES string of the molecule is O=S(=O)(O)c1ccc(Nc2cccc(Cl)c2)cc1. The van der Waals surface area contributed by atoms with E-state index in [2.05, 4.69) is 5.32 Å². The Morgan fingerprint density at radius 1 is 1.00 bits per heavy atom. The van der Waals surface area contributed by atoms with Crippen molar-refractivity contribution in [3.05, 3.63) is 53.6 Å². The molecule has 0 fully saturated rings. The smallest absolute Gasteiger partial charge is 0.294 e. The fourth-order valence-electron chi connectivity index (χ4n) is 1.44. The van der Waals surface area contributed by atoms with E-state index in [4.69, 9.17) is 16.2 Å². The third-order valence-corrected chi connectivity index (χ3v) is 3.37. The van der Waals surface area contributed by atoms with E-state index in [-0.39, 0.29) is 4.90 Å². The normalized spacial score (nSPS) is 11.2. The lowest BCUT2D eigenvalue weighted by atomic mass is 10.3. The summed E-state index contributed by atoms with van der Waals surface area (Å²) < 4.78 is 30.6. The van der Waals surface area contributed by atoms with Crippen molar-refractivity contribution in [2.24, 2.45) is 0 Å². The predicted octanol–water partition coefficient (Wildman–Crippen LogP) is 3.33. The van der Waals surface area contributed by atoms with Crippen LogP contribution < -0.4 is 5.32 Å². The van der Waals surface area contributed by atoms with Gasteiger partial charge in [-0.1, -0.05) is 17.7 Å². The van der Waals surface area contributed by atoms with Gasteiger partial charge in [-0.15, -0.1) is 0 Å². The Hall–Kier alpha value is -1.56. The highest BCUT2D eigenvalue weighted by Gasteiger charge is 2.08. The summed E-state index contributed by atoms with van der Waals surface area (Å²) in [4.78, 5) is -0.140. The first-order valence-electron chi connectivity index (χ1n) is 5.05. The van der Waals surface area contributed by atoms with Gasteiger partial charge in [-0.25, -0.2) is 0 Å². The summed E-state index contributed by atoms with van der Waals surface area (Å²) in [5, 5.41) is 3.67. The summed E-state index contributed by atoms with van der Waals surface area (Å²) >= 11 is 5.84. The topological polar surface area (TPSA) is 66.4 Å². The van der Waals surface area contributed by atoms with E-state index in [1.54, 1.807) is 30.3 Å². The molecule has 6 heteroatoms. The first kappa shape index (κ1) is 12.9. The molecule has 0 spiro atoms. The highest BCUT2D eigenvalue weighted by Crippen LogP contribution is 2.21. The van der Waals surface area contributed by atoms with Crippen LogP contribution in [0.15, 0.2) is 53.4 Å². The van der Waals surface area contributed by atoms with Gasteiger partial charge in [0.05, 0.1) is 4.90 Å². The molecule has 2 aromatic carbocycles. The molecule has 2 aromatic rings. The van der Waals surface area contributed by atoms with Crippen molar-refractivity contribution in [1.29, 1.82) is 0 Å². The van der Waals surface area contributed by atoms with Crippen molar-refractivity contribution < 1.29 is 13.0 Å². The minimum Gasteiger partial charge on any atom is -0.355 e. The van der Waals surface area contributed by atoms with Crippen molar-refractivity contribution in [3.63, 3.8) is 0 Å². The van der Waals surface area contributed by atoms with Crippen LogP contribution in [-0.4, -0.2) is 13.0 Å². The maximum absolute atomic E-state index is 10.9. The molecule has 0 aliphatic carbocycles. The molecule has 2 rings (SSSR count). The van der Waals surface area contributed by atoms with Crippen LogP contribution in [0.5, 0.6) is 0 Å². The monoisotopic (exact) mass is 283 g/mol. The van der Waals surface area contributed by atoms with Gasteiger partial charge in [0.2, 0.25) is 0 Å². The minimum atomic E-state index is -4.15. The zero-order chi connectivity index (χ0) is 13.2. The minimum absolute atomic E-state index is 0.140. The van der Waals surface area contributed by atoms with Crippen LogP contribution in [0.3, 0.4) is 0 Å². The fraction of sp³-hybridized carbons (Fsp3) is 0. The summed E-state index contributed by atoms with van der Waals surface area (Å²) in [6, 6.07) is 12.9. The molecule has 0 atom stereocenters. The van der Waals surface area contributed by atoms with Crippen LogP contribution >= 0.6 is 11.6 Å². The molecule has 0 aliphatic rings. The van der Waals surface area contributed by atoms with Gasteiger partial charge in [-0.05, 0) is 42.5 Å². The van der Waals surface area contributed by atoms with E-state index in [1.165, 1.54) is 12.1 Å². The fourth-order valence-corrected chi connectivity index (χ4v) is 2.11. The molecule has 94 valence electrons. The number of hydrogen-bond acceptors (Lipinski definition) is 3. The Bertz CT molecular complexity index is 653. The van der Waals surface area contributed by atoms with Crippen LogP contribution in [0.25, 0.3) is 0 Å². The first-order valence-corrected chi connectivity index (χ1v) is 6.87. The summed E-state index contributed by atoms with van der Waals surface area (Å²) in [5.74, 6) is 0. The zero-order valence-electron chi connectivity index (χ0n) is 9.17. The Labute approximate surface area is 110 Å². The third kappa shape index (κ3) is 3.22. The summed E-state index contributed by atoms with van der Waals surface area (Å²) in [5.41, 5.74) is 1.49. The molecule has 2 N–H and O–H groups in total. The Kier molecular flexibility index (Phi) is 3.56. The van der Waals surface area contributed by atoms with Crippen molar-refractivity contribution in [2.75, 3.05) is 5.32 Å². The van der Waals surface area contributed by atoms with Gasteiger partial charge in [-0.2, -0.15) is 8.42 Å². The summed E-state index contributed by atoms with van der Waals surface area (Å²) in [7, 11) is -4.15. The maximum atomic E-state index is 10.9. The molecule has 0 aromatic heterocycles. The van der Waals surface area contributed by atoms with Gasteiger partial charge in [0.1, 0.15) is 0 Å². The molecule has 0 unspecified atom stereocenters. The Morgan fingerprint density at radius 3 is 2.22 bits per heavy atom. The van der Waals surface area contributed by atoms with Crippen LogP contribution in [0.4, 0.5) is 11.4 Å². The van der Waals surface area contributed by atoms with Crippen molar-refractivity contribution in [1.82, 2.24) is 0 Å². The number of rotatable bonds is 3. The van der Waals surface area contributed by atoms with Crippen LogP contribution in [0, 0.1) is 0 Å². The van der Waals surface area contributed by atoms with E-state index in [1.807, 2.05) is 6.07 Å². The van der Waals surface area contributed by atoms with Gasteiger partial charge in [0.15, 0.2) is 0 Å². The van der Waals surface area contributed by atoms with Crippen LogP contribution in [0.1, 0.15) is 0 Å². The zero-order valence-corrected chi connectivity index (χ0v) is 10.7. The number of nitrogens with one attached hydrogen (secondary N) is 1. The van der Waals surface area contributed by atoms with E-state index < -0.39 is 10.1 Å². The predicted molar refractivity (Wildman–Crippen MR) is 71.0 cm³/mol. The number of hydrogen-bond donors (Lipinski definition) is 2. The van der Waals surface area contributed by atoms with Gasteiger partial charge in [0, 0.05) is 16.4 Å². The number of anilines is 2. The highest BCUT2D eigenvalue weighted by molar-refractivity contribution is 7.85. The molecule has 0 bridgehead atoms. The van der Waals surface area contributed by atoms with E-state index >= 15 is 0 Å². The first-order chi connectivity index (χ1) is 8.45. The third-order valence-electron chi connectivity index (χ3n) is 2.27. The summed E-state index contributed by atoms with van der Waals surface area (Å²) in [6.45, 7) is 0. The molecule has 0 saturated carbocycles. The largest absolute Gasteiger partial charge is 0.355 e. The lowest BCUT2D eigenvalue weighted by Crippen LogP contribution is -1.98. The van der Waals surface area contributed by atoms with Gasteiger partial charge < -0.3 is 5.32 Å². The number of benzene rings is 2. The van der Waals surface area contributed by atoms with Crippen molar-refractivity contribution in [3.8, 4) is 0 Å². The molecule has 0 heterocycles. The second kappa shape index (κ2) is 4.97. The lowest BCUT2D eigenvalue weighted by molar-refractivity contribution is 0.483. The molecular formula is C12H10ClNO3S. The van der Waals surface area contributed by atoms with Crippen molar-refractivity contribution >= 4 is 33.1 Å². The average Bonchev–Trinajstić information content (AvgIpc) is 2.28. The molecular weight excluding hydrogens is 274 g/mol. The molecule has 18 heavy (non-hydrogen) atoms.